The van der Waals surface area contributed by atoms with Crippen LogP contribution in [0.15, 0.2) is 101 Å². The lowest BCUT2D eigenvalue weighted by atomic mass is 9.99. The van der Waals surface area contributed by atoms with Gasteiger partial charge in [-0.05, 0) is 28.8 Å². The Kier molecular flexibility index (Phi) is 6.46. The van der Waals surface area contributed by atoms with Crippen LogP contribution in [0.2, 0.25) is 5.02 Å². The molecule has 1 N–H and O–H groups in total. The minimum absolute atomic E-state index is 0.0503. The topological polar surface area (TPSA) is 70.0 Å². The Labute approximate surface area is 206 Å². The molecule has 0 aliphatic carbocycles. The molecule has 168 valence electrons. The van der Waals surface area contributed by atoms with Crippen molar-refractivity contribution in [2.24, 2.45) is 10.2 Å². The van der Waals surface area contributed by atoms with Crippen LogP contribution in [0.25, 0.3) is 0 Å². The molecule has 8 heteroatoms. The summed E-state index contributed by atoms with van der Waals surface area (Å²) in [6.45, 7) is 0. The molecule has 1 aliphatic rings. The third-order valence-corrected chi connectivity index (χ3v) is 6.45. The number of aromatic nitrogens is 1. The molecular weight excluding hydrogens is 466 g/mol. The monoisotopic (exact) mass is 485 g/mol. The van der Waals surface area contributed by atoms with Gasteiger partial charge in [-0.2, -0.15) is 10.2 Å². The fraction of sp³-hybridized carbons (Fsp3) is 0.0769. The molecule has 0 spiro atoms. The van der Waals surface area contributed by atoms with Crippen molar-refractivity contribution in [1.82, 2.24) is 10.4 Å². The number of nitrogens with zero attached hydrogens (tertiary/aromatic N) is 4. The third-order valence-electron chi connectivity index (χ3n) is 5.37. The van der Waals surface area contributed by atoms with Gasteiger partial charge in [0.25, 0.3) is 5.91 Å². The number of thiazole rings is 1. The first-order chi connectivity index (χ1) is 16.7. The second kappa shape index (κ2) is 9.99. The van der Waals surface area contributed by atoms with E-state index >= 15 is 0 Å². The molecule has 0 fully saturated rings. The molecule has 1 aliphatic heterocycles. The average molecular weight is 486 g/mol. The largest absolute Gasteiger partial charge is 0.290 e. The molecular formula is C26H20ClN5OS. The first-order valence-electron chi connectivity index (χ1n) is 10.7. The summed E-state index contributed by atoms with van der Waals surface area (Å²) in [5.74, 6) is -0.371. The SMILES string of the molecule is O=C(N/N=C/c1ccccc1)c1csc(N2N=C(c3ccccc3)CC2c2ccc(Cl)cc2)n1. The number of hydrogen-bond acceptors (Lipinski definition) is 6. The van der Waals surface area contributed by atoms with Crippen molar-refractivity contribution in [2.75, 3.05) is 5.01 Å². The number of amides is 1. The molecule has 0 radical (unpaired) electrons. The van der Waals surface area contributed by atoms with Gasteiger partial charge in [-0.15, -0.1) is 11.3 Å². The Hall–Kier alpha value is -3.81. The van der Waals surface area contributed by atoms with Crippen LogP contribution in [0.4, 0.5) is 5.13 Å². The second-order valence-corrected chi connectivity index (χ2v) is 8.93. The van der Waals surface area contributed by atoms with E-state index < -0.39 is 0 Å². The number of carbonyl (C=O) groups is 1. The van der Waals surface area contributed by atoms with E-state index in [1.165, 1.54) is 11.3 Å². The lowest BCUT2D eigenvalue weighted by molar-refractivity contribution is 0.0951. The van der Waals surface area contributed by atoms with Gasteiger partial charge in [-0.25, -0.2) is 15.4 Å². The number of halogens is 1. The Morgan fingerprint density at radius 3 is 2.47 bits per heavy atom. The smallest absolute Gasteiger partial charge is 0.266 e. The number of benzene rings is 3. The van der Waals surface area contributed by atoms with Crippen LogP contribution in [0.1, 0.15) is 39.6 Å². The molecule has 1 amide bonds. The number of hydrogen-bond donors (Lipinski definition) is 1. The van der Waals surface area contributed by atoms with E-state index in [1.807, 2.05) is 89.9 Å². The fourth-order valence-electron chi connectivity index (χ4n) is 3.67. The van der Waals surface area contributed by atoms with E-state index in [4.69, 9.17) is 16.7 Å². The van der Waals surface area contributed by atoms with E-state index in [0.29, 0.717) is 22.3 Å². The molecule has 6 nitrogen and oxygen atoms in total. The van der Waals surface area contributed by atoms with Crippen LogP contribution >= 0.6 is 22.9 Å². The zero-order valence-electron chi connectivity index (χ0n) is 18.0. The first-order valence-corrected chi connectivity index (χ1v) is 11.9. The highest BCUT2D eigenvalue weighted by Crippen LogP contribution is 2.38. The van der Waals surface area contributed by atoms with Crippen molar-refractivity contribution in [1.29, 1.82) is 0 Å². The van der Waals surface area contributed by atoms with Gasteiger partial charge >= 0.3 is 0 Å². The molecule has 5 rings (SSSR count). The maximum atomic E-state index is 12.6. The Morgan fingerprint density at radius 2 is 1.74 bits per heavy atom. The molecule has 4 aromatic rings. The normalized spacial score (nSPS) is 15.5. The number of carbonyl (C=O) groups excluding carboxylic acids is 1. The minimum Gasteiger partial charge on any atom is -0.266 e. The van der Waals surface area contributed by atoms with E-state index in [1.54, 1.807) is 11.6 Å². The lowest BCUT2D eigenvalue weighted by Gasteiger charge is -2.21. The highest BCUT2D eigenvalue weighted by atomic mass is 35.5. The molecule has 0 saturated heterocycles. The van der Waals surface area contributed by atoms with Gasteiger partial charge in [0, 0.05) is 16.8 Å². The van der Waals surface area contributed by atoms with E-state index in [-0.39, 0.29) is 11.9 Å². The van der Waals surface area contributed by atoms with Crippen LogP contribution in [-0.2, 0) is 0 Å². The summed E-state index contributed by atoms with van der Waals surface area (Å²) >= 11 is 7.48. The summed E-state index contributed by atoms with van der Waals surface area (Å²) < 4.78 is 0. The van der Waals surface area contributed by atoms with E-state index in [2.05, 4.69) is 15.5 Å². The van der Waals surface area contributed by atoms with Crippen molar-refractivity contribution < 1.29 is 4.79 Å². The summed E-state index contributed by atoms with van der Waals surface area (Å²) in [6.07, 6.45) is 2.31. The predicted octanol–water partition coefficient (Wildman–Crippen LogP) is 5.92. The molecule has 2 heterocycles. The van der Waals surface area contributed by atoms with Gasteiger partial charge in [0.15, 0.2) is 0 Å². The van der Waals surface area contributed by atoms with Gasteiger partial charge in [0.2, 0.25) is 5.13 Å². The van der Waals surface area contributed by atoms with E-state index in [0.717, 1.165) is 22.4 Å². The quantitative estimate of drug-likeness (QED) is 0.272. The summed E-state index contributed by atoms with van der Waals surface area (Å²) in [5, 5.41) is 13.9. The van der Waals surface area contributed by atoms with Crippen molar-refractivity contribution >= 4 is 45.9 Å². The zero-order valence-corrected chi connectivity index (χ0v) is 19.6. The van der Waals surface area contributed by atoms with Crippen LogP contribution < -0.4 is 10.4 Å². The number of hydrazone groups is 2. The Balaban J connectivity index is 1.38. The maximum Gasteiger partial charge on any atom is 0.290 e. The zero-order chi connectivity index (χ0) is 23.3. The van der Waals surface area contributed by atoms with Crippen LogP contribution in [-0.4, -0.2) is 22.8 Å². The molecule has 3 aromatic carbocycles. The molecule has 1 atom stereocenters. The highest BCUT2D eigenvalue weighted by Gasteiger charge is 2.32. The molecule has 1 unspecified atom stereocenters. The van der Waals surface area contributed by atoms with Gasteiger partial charge < -0.3 is 0 Å². The summed E-state index contributed by atoms with van der Waals surface area (Å²) in [4.78, 5) is 17.2. The Bertz CT molecular complexity index is 1340. The predicted molar refractivity (Wildman–Crippen MR) is 138 cm³/mol. The van der Waals surface area contributed by atoms with Crippen LogP contribution in [0.3, 0.4) is 0 Å². The number of nitrogens with one attached hydrogen (secondary N) is 1. The van der Waals surface area contributed by atoms with Crippen molar-refractivity contribution in [3.8, 4) is 0 Å². The lowest BCUT2D eigenvalue weighted by Crippen LogP contribution is -2.20. The van der Waals surface area contributed by atoms with E-state index in [9.17, 15) is 4.79 Å². The van der Waals surface area contributed by atoms with Gasteiger partial charge in [0.1, 0.15) is 5.69 Å². The second-order valence-electron chi connectivity index (χ2n) is 7.65. The van der Waals surface area contributed by atoms with Gasteiger partial charge in [0.05, 0.1) is 18.0 Å². The van der Waals surface area contributed by atoms with Crippen LogP contribution in [0.5, 0.6) is 0 Å². The minimum atomic E-state index is -0.371. The maximum absolute atomic E-state index is 12.6. The van der Waals surface area contributed by atoms with Crippen molar-refractivity contribution in [2.45, 2.75) is 12.5 Å². The summed E-state index contributed by atoms with van der Waals surface area (Å²) in [5.41, 5.74) is 6.84. The number of rotatable bonds is 6. The number of anilines is 1. The fourth-order valence-corrected chi connectivity index (χ4v) is 4.60. The van der Waals surface area contributed by atoms with Crippen molar-refractivity contribution in [3.63, 3.8) is 0 Å². The standard InChI is InChI=1S/C26H20ClN5OS/c27-21-13-11-20(12-14-21)24-15-22(19-9-5-2-6-10-19)31-32(24)26-29-23(17-34-26)25(33)30-28-16-18-7-3-1-4-8-18/h1-14,16-17,24H,15H2,(H,30,33)/b28-16+. The highest BCUT2D eigenvalue weighted by molar-refractivity contribution is 7.14. The molecule has 1 aromatic heterocycles. The molecule has 0 saturated carbocycles. The average Bonchev–Trinajstić information content (AvgIpc) is 3.54. The molecule has 0 bridgehead atoms. The summed E-state index contributed by atoms with van der Waals surface area (Å²) in [6, 6.07) is 27.3. The van der Waals surface area contributed by atoms with Crippen LogP contribution in [0, 0.1) is 0 Å². The van der Waals surface area contributed by atoms with Gasteiger partial charge in [-0.1, -0.05) is 84.4 Å². The summed E-state index contributed by atoms with van der Waals surface area (Å²) in [7, 11) is 0. The van der Waals surface area contributed by atoms with Gasteiger partial charge in [-0.3, -0.25) is 4.79 Å². The third kappa shape index (κ3) is 4.90. The Morgan fingerprint density at radius 1 is 1.03 bits per heavy atom. The van der Waals surface area contributed by atoms with Crippen molar-refractivity contribution in [3.05, 3.63) is 118 Å². The molecule has 34 heavy (non-hydrogen) atoms. The first kappa shape index (κ1) is 22.0.